The van der Waals surface area contributed by atoms with Crippen molar-refractivity contribution in [3.63, 3.8) is 0 Å². The van der Waals surface area contributed by atoms with Crippen LogP contribution in [0.5, 0.6) is 0 Å². The second-order valence-electron chi connectivity index (χ2n) is 4.25. The number of hydrogen-bond acceptors (Lipinski definition) is 5. The summed E-state index contributed by atoms with van der Waals surface area (Å²) in [6, 6.07) is 8.96. The van der Waals surface area contributed by atoms with Crippen LogP contribution in [0, 0.1) is 0 Å². The van der Waals surface area contributed by atoms with Crippen molar-refractivity contribution in [1.29, 1.82) is 0 Å². The lowest BCUT2D eigenvalue weighted by Gasteiger charge is -1.97. The molecule has 2 aromatic heterocycles. The van der Waals surface area contributed by atoms with Gasteiger partial charge >= 0.3 is 0 Å². The number of rotatable bonds is 4. The number of anilines is 1. The van der Waals surface area contributed by atoms with E-state index in [0.29, 0.717) is 21.6 Å². The molecule has 106 valence electrons. The molecule has 0 fully saturated rings. The molecule has 0 saturated carbocycles. The van der Waals surface area contributed by atoms with Gasteiger partial charge in [0.2, 0.25) is 5.91 Å². The van der Waals surface area contributed by atoms with Crippen LogP contribution in [0.3, 0.4) is 0 Å². The molecular formula is C14H10ClN3O2S. The molecule has 0 saturated heterocycles. The van der Waals surface area contributed by atoms with Crippen LogP contribution in [0.15, 0.2) is 46.4 Å². The molecule has 0 aliphatic rings. The van der Waals surface area contributed by atoms with E-state index in [4.69, 9.17) is 16.1 Å². The molecule has 0 aliphatic carbocycles. The minimum Gasteiger partial charge on any atom is -0.356 e. The summed E-state index contributed by atoms with van der Waals surface area (Å²) in [5.74, 6) is 0.421. The highest BCUT2D eigenvalue weighted by molar-refractivity contribution is 7.13. The van der Waals surface area contributed by atoms with Gasteiger partial charge in [-0.2, -0.15) is 0 Å². The van der Waals surface area contributed by atoms with E-state index in [1.54, 1.807) is 29.8 Å². The van der Waals surface area contributed by atoms with Crippen molar-refractivity contribution in [2.45, 2.75) is 6.42 Å². The third-order valence-electron chi connectivity index (χ3n) is 2.71. The lowest BCUT2D eigenvalue weighted by Crippen LogP contribution is -2.14. The standard InChI is InChI=1S/C14H10ClN3O2S/c15-10-3-1-9(2-4-10)12-7-11(18-20-12)8-13(19)17-14-16-5-6-21-14/h1-7H,8H2,(H,16,17,19). The molecule has 7 heteroatoms. The van der Waals surface area contributed by atoms with Gasteiger partial charge in [-0.25, -0.2) is 4.98 Å². The first-order valence-corrected chi connectivity index (χ1v) is 7.37. The van der Waals surface area contributed by atoms with Gasteiger partial charge < -0.3 is 9.84 Å². The third kappa shape index (κ3) is 3.48. The lowest BCUT2D eigenvalue weighted by atomic mass is 10.1. The van der Waals surface area contributed by atoms with Gasteiger partial charge in [0, 0.05) is 28.2 Å². The van der Waals surface area contributed by atoms with Crippen LogP contribution >= 0.6 is 22.9 Å². The number of carbonyl (C=O) groups excluding carboxylic acids is 1. The Morgan fingerprint density at radius 3 is 2.86 bits per heavy atom. The summed E-state index contributed by atoms with van der Waals surface area (Å²) < 4.78 is 5.24. The van der Waals surface area contributed by atoms with Crippen LogP contribution in [-0.4, -0.2) is 16.0 Å². The largest absolute Gasteiger partial charge is 0.356 e. The summed E-state index contributed by atoms with van der Waals surface area (Å²) >= 11 is 7.20. The van der Waals surface area contributed by atoms with Crippen LogP contribution in [0.1, 0.15) is 5.69 Å². The number of amides is 1. The zero-order chi connectivity index (χ0) is 14.7. The molecule has 1 aromatic carbocycles. The maximum absolute atomic E-state index is 11.8. The molecule has 3 aromatic rings. The van der Waals surface area contributed by atoms with Crippen molar-refractivity contribution in [1.82, 2.24) is 10.1 Å². The molecule has 0 bridgehead atoms. The average Bonchev–Trinajstić information content (AvgIpc) is 3.11. The molecule has 0 spiro atoms. The van der Waals surface area contributed by atoms with Gasteiger partial charge in [-0.1, -0.05) is 16.8 Å². The zero-order valence-corrected chi connectivity index (χ0v) is 12.3. The normalized spacial score (nSPS) is 10.5. The van der Waals surface area contributed by atoms with Crippen molar-refractivity contribution in [3.05, 3.63) is 52.6 Å². The number of nitrogens with zero attached hydrogens (tertiary/aromatic N) is 2. The minimum atomic E-state index is -0.180. The Morgan fingerprint density at radius 2 is 2.14 bits per heavy atom. The monoisotopic (exact) mass is 319 g/mol. The van der Waals surface area contributed by atoms with Crippen LogP contribution in [0.25, 0.3) is 11.3 Å². The van der Waals surface area contributed by atoms with E-state index < -0.39 is 0 Å². The van der Waals surface area contributed by atoms with E-state index >= 15 is 0 Å². The molecule has 0 atom stereocenters. The van der Waals surface area contributed by atoms with E-state index in [-0.39, 0.29) is 12.3 Å². The van der Waals surface area contributed by atoms with E-state index in [2.05, 4.69) is 15.5 Å². The first kappa shape index (κ1) is 13.8. The summed E-state index contributed by atoms with van der Waals surface area (Å²) in [7, 11) is 0. The molecule has 21 heavy (non-hydrogen) atoms. The van der Waals surface area contributed by atoms with Crippen molar-refractivity contribution in [2.75, 3.05) is 5.32 Å². The molecule has 1 N–H and O–H groups in total. The highest BCUT2D eigenvalue weighted by Gasteiger charge is 2.11. The Balaban J connectivity index is 1.67. The van der Waals surface area contributed by atoms with Crippen molar-refractivity contribution in [2.24, 2.45) is 0 Å². The van der Waals surface area contributed by atoms with Gasteiger partial charge in [0.1, 0.15) is 0 Å². The SMILES string of the molecule is O=C(Cc1cc(-c2ccc(Cl)cc2)on1)Nc1nccs1. The van der Waals surface area contributed by atoms with Gasteiger partial charge in [0.25, 0.3) is 0 Å². The summed E-state index contributed by atoms with van der Waals surface area (Å²) in [6.45, 7) is 0. The number of carbonyl (C=O) groups is 1. The lowest BCUT2D eigenvalue weighted by molar-refractivity contribution is -0.115. The first-order valence-electron chi connectivity index (χ1n) is 6.11. The number of thiazole rings is 1. The van der Waals surface area contributed by atoms with Gasteiger partial charge in [0.15, 0.2) is 10.9 Å². The Bertz CT molecular complexity index is 738. The second-order valence-corrected chi connectivity index (χ2v) is 5.58. The molecule has 5 nitrogen and oxygen atoms in total. The predicted octanol–water partition coefficient (Wildman–Crippen LogP) is 3.63. The summed E-state index contributed by atoms with van der Waals surface area (Å²) in [4.78, 5) is 15.8. The Kier molecular flexibility index (Phi) is 3.98. The van der Waals surface area contributed by atoms with Gasteiger partial charge in [0.05, 0.1) is 12.1 Å². The molecule has 0 radical (unpaired) electrons. The first-order chi connectivity index (χ1) is 10.2. The fourth-order valence-electron chi connectivity index (χ4n) is 1.76. The second kappa shape index (κ2) is 6.07. The van der Waals surface area contributed by atoms with Crippen LogP contribution in [0.2, 0.25) is 5.02 Å². The molecule has 1 amide bonds. The van der Waals surface area contributed by atoms with Crippen LogP contribution < -0.4 is 5.32 Å². The van der Waals surface area contributed by atoms with Crippen molar-refractivity contribution in [3.8, 4) is 11.3 Å². The summed E-state index contributed by atoms with van der Waals surface area (Å²) in [6.07, 6.45) is 1.77. The third-order valence-corrected chi connectivity index (χ3v) is 3.65. The van der Waals surface area contributed by atoms with E-state index in [0.717, 1.165) is 5.56 Å². The Hall–Kier alpha value is -2.18. The van der Waals surface area contributed by atoms with Crippen LogP contribution in [-0.2, 0) is 11.2 Å². The maximum atomic E-state index is 11.8. The van der Waals surface area contributed by atoms with Crippen molar-refractivity contribution < 1.29 is 9.32 Å². The highest BCUT2D eigenvalue weighted by Crippen LogP contribution is 2.22. The molecule has 0 aliphatic heterocycles. The number of nitrogens with one attached hydrogen (secondary N) is 1. The number of hydrogen-bond donors (Lipinski definition) is 1. The molecule has 0 unspecified atom stereocenters. The smallest absolute Gasteiger partial charge is 0.232 e. The summed E-state index contributed by atoms with van der Waals surface area (Å²) in [5, 5.41) is 9.62. The quantitative estimate of drug-likeness (QED) is 0.797. The highest BCUT2D eigenvalue weighted by atomic mass is 35.5. The predicted molar refractivity (Wildman–Crippen MR) is 81.4 cm³/mol. The van der Waals surface area contributed by atoms with E-state index in [1.807, 2.05) is 12.1 Å². The number of benzene rings is 1. The number of aromatic nitrogens is 2. The minimum absolute atomic E-state index is 0.136. The molecular weight excluding hydrogens is 310 g/mol. The zero-order valence-electron chi connectivity index (χ0n) is 10.7. The van der Waals surface area contributed by atoms with E-state index in [1.165, 1.54) is 11.3 Å². The fraction of sp³-hybridized carbons (Fsp3) is 0.0714. The topological polar surface area (TPSA) is 68.0 Å². The number of halogens is 1. The van der Waals surface area contributed by atoms with Gasteiger partial charge in [-0.3, -0.25) is 4.79 Å². The molecule has 2 heterocycles. The van der Waals surface area contributed by atoms with E-state index in [9.17, 15) is 4.79 Å². The Labute approximate surface area is 129 Å². The molecule has 3 rings (SSSR count). The van der Waals surface area contributed by atoms with Crippen LogP contribution in [0.4, 0.5) is 5.13 Å². The summed E-state index contributed by atoms with van der Waals surface area (Å²) in [5.41, 5.74) is 1.42. The van der Waals surface area contributed by atoms with Crippen molar-refractivity contribution >= 4 is 34.0 Å². The van der Waals surface area contributed by atoms with Gasteiger partial charge in [-0.15, -0.1) is 11.3 Å². The maximum Gasteiger partial charge on any atom is 0.232 e. The fourth-order valence-corrected chi connectivity index (χ4v) is 2.43. The average molecular weight is 320 g/mol. The Morgan fingerprint density at radius 1 is 1.33 bits per heavy atom. The van der Waals surface area contributed by atoms with Gasteiger partial charge in [-0.05, 0) is 24.3 Å².